The second-order valence-electron chi connectivity index (χ2n) is 5.95. The Morgan fingerprint density at radius 1 is 1.25 bits per heavy atom. The molecule has 1 aromatic rings. The highest BCUT2D eigenvalue weighted by atomic mass is 32.2. The summed E-state index contributed by atoms with van der Waals surface area (Å²) in [6, 6.07) is 3.97. The minimum absolute atomic E-state index is 0.185. The highest BCUT2D eigenvalue weighted by molar-refractivity contribution is 7.89. The van der Waals surface area contributed by atoms with Crippen molar-refractivity contribution in [2.24, 2.45) is 5.73 Å². The number of benzene rings is 1. The third-order valence-electron chi connectivity index (χ3n) is 4.17. The summed E-state index contributed by atoms with van der Waals surface area (Å²) in [7, 11) is -2.08. The first kappa shape index (κ1) is 18.5. The zero-order valence-electron chi connectivity index (χ0n) is 14.1. The van der Waals surface area contributed by atoms with Gasteiger partial charge in [0.2, 0.25) is 15.9 Å². The molecule has 0 radical (unpaired) electrons. The predicted octanol–water partition coefficient (Wildman–Crippen LogP) is 1.55. The Hall–Kier alpha value is -1.80. The van der Waals surface area contributed by atoms with Crippen LogP contribution in [0, 0.1) is 0 Å². The summed E-state index contributed by atoms with van der Waals surface area (Å²) < 4.78 is 32.5. The van der Waals surface area contributed by atoms with Crippen LogP contribution in [0.3, 0.4) is 0 Å². The molecule has 1 heterocycles. The summed E-state index contributed by atoms with van der Waals surface area (Å²) in [5, 5.41) is 2.91. The second kappa shape index (κ2) is 7.85. The van der Waals surface area contributed by atoms with E-state index < -0.39 is 22.0 Å². The molecule has 1 atom stereocenters. The van der Waals surface area contributed by atoms with E-state index in [0.29, 0.717) is 24.5 Å². The first-order valence-electron chi connectivity index (χ1n) is 8.10. The van der Waals surface area contributed by atoms with Crippen molar-refractivity contribution in [3.05, 3.63) is 18.2 Å². The summed E-state index contributed by atoms with van der Waals surface area (Å²) in [5.41, 5.74) is 5.70. The maximum absolute atomic E-state index is 12.9. The van der Waals surface area contributed by atoms with Gasteiger partial charge < -0.3 is 15.8 Å². The van der Waals surface area contributed by atoms with Gasteiger partial charge in [-0.3, -0.25) is 4.79 Å². The number of rotatable bonds is 6. The number of hydrogen-bond donors (Lipinski definition) is 2. The molecule has 7 nitrogen and oxygen atoms in total. The number of methoxy groups -OCH3 is 1. The quantitative estimate of drug-likeness (QED) is 0.806. The van der Waals surface area contributed by atoms with Crippen LogP contribution in [0.25, 0.3) is 0 Å². The fraction of sp³-hybridized carbons (Fsp3) is 0.562. The lowest BCUT2D eigenvalue weighted by molar-refractivity contribution is -0.118. The summed E-state index contributed by atoms with van der Waals surface area (Å²) >= 11 is 0. The van der Waals surface area contributed by atoms with Crippen LogP contribution in [-0.4, -0.2) is 44.9 Å². The van der Waals surface area contributed by atoms with Gasteiger partial charge in [-0.2, -0.15) is 4.31 Å². The molecule has 1 aliphatic heterocycles. The van der Waals surface area contributed by atoms with Crippen molar-refractivity contribution in [3.8, 4) is 5.75 Å². The average Bonchev–Trinajstić information content (AvgIpc) is 2.84. The number of anilines is 1. The van der Waals surface area contributed by atoms with Gasteiger partial charge in [0, 0.05) is 13.1 Å². The maximum atomic E-state index is 12.9. The molecular formula is C16H25N3O4S. The van der Waals surface area contributed by atoms with Crippen LogP contribution >= 0.6 is 0 Å². The number of nitrogens with two attached hydrogens (primary N) is 1. The second-order valence-corrected chi connectivity index (χ2v) is 7.89. The number of sulfonamides is 1. The third kappa shape index (κ3) is 4.18. The van der Waals surface area contributed by atoms with E-state index in [0.717, 1.165) is 25.7 Å². The van der Waals surface area contributed by atoms with Crippen LogP contribution in [0.1, 0.15) is 32.6 Å². The summed E-state index contributed by atoms with van der Waals surface area (Å²) in [4.78, 5) is 11.4. The Labute approximate surface area is 143 Å². The molecule has 0 aliphatic carbocycles. The topological polar surface area (TPSA) is 102 Å². The van der Waals surface area contributed by atoms with Crippen molar-refractivity contribution in [1.82, 2.24) is 4.31 Å². The van der Waals surface area contributed by atoms with Crippen molar-refractivity contribution in [2.75, 3.05) is 25.5 Å². The molecular weight excluding hydrogens is 330 g/mol. The number of ether oxygens (including phenoxy) is 1. The first-order valence-corrected chi connectivity index (χ1v) is 9.54. The molecule has 0 aromatic heterocycles. The van der Waals surface area contributed by atoms with Crippen LogP contribution < -0.4 is 15.8 Å². The van der Waals surface area contributed by atoms with E-state index in [-0.39, 0.29) is 4.90 Å². The van der Waals surface area contributed by atoms with Gasteiger partial charge in [-0.1, -0.05) is 12.8 Å². The lowest BCUT2D eigenvalue weighted by atomic mass is 10.2. The maximum Gasteiger partial charge on any atom is 0.243 e. The molecule has 0 saturated carbocycles. The van der Waals surface area contributed by atoms with Crippen molar-refractivity contribution in [3.63, 3.8) is 0 Å². The largest absolute Gasteiger partial charge is 0.495 e. The molecule has 1 amide bonds. The number of primary amides is 1. The molecule has 1 fully saturated rings. The van der Waals surface area contributed by atoms with Gasteiger partial charge >= 0.3 is 0 Å². The van der Waals surface area contributed by atoms with E-state index in [2.05, 4.69) is 5.32 Å². The lowest BCUT2D eigenvalue weighted by Gasteiger charge is -2.21. The predicted molar refractivity (Wildman–Crippen MR) is 92.5 cm³/mol. The van der Waals surface area contributed by atoms with Crippen molar-refractivity contribution in [1.29, 1.82) is 0 Å². The Morgan fingerprint density at radius 3 is 2.42 bits per heavy atom. The van der Waals surface area contributed by atoms with Crippen LogP contribution in [0.5, 0.6) is 5.75 Å². The molecule has 1 aliphatic rings. The Balaban J connectivity index is 2.34. The normalized spacial score (nSPS) is 17.8. The zero-order chi connectivity index (χ0) is 17.7. The van der Waals surface area contributed by atoms with E-state index in [4.69, 9.17) is 10.5 Å². The molecule has 3 N–H and O–H groups in total. The van der Waals surface area contributed by atoms with Crippen LogP contribution in [0.15, 0.2) is 23.1 Å². The third-order valence-corrected chi connectivity index (χ3v) is 6.07. The van der Waals surface area contributed by atoms with Crippen LogP contribution in [0.2, 0.25) is 0 Å². The monoisotopic (exact) mass is 355 g/mol. The number of carbonyl (C=O) groups is 1. The summed E-state index contributed by atoms with van der Waals surface area (Å²) in [6.07, 6.45) is 3.85. The number of nitrogens with zero attached hydrogens (tertiary/aromatic N) is 1. The summed E-state index contributed by atoms with van der Waals surface area (Å²) in [5.74, 6) is -0.0734. The van der Waals surface area contributed by atoms with Gasteiger partial charge in [-0.25, -0.2) is 8.42 Å². The SMILES string of the molecule is COc1ccc(S(=O)(=O)N2CCCCCC2)cc1N[C@H](C)C(N)=O. The molecule has 134 valence electrons. The van der Waals surface area contributed by atoms with E-state index in [1.807, 2.05) is 0 Å². The van der Waals surface area contributed by atoms with E-state index in [1.165, 1.54) is 23.5 Å². The van der Waals surface area contributed by atoms with Gasteiger partial charge in [-0.15, -0.1) is 0 Å². The molecule has 0 bridgehead atoms. The van der Waals surface area contributed by atoms with Gasteiger partial charge in [0.1, 0.15) is 11.8 Å². The number of amides is 1. The van der Waals surface area contributed by atoms with Gasteiger partial charge in [0.15, 0.2) is 0 Å². The molecule has 24 heavy (non-hydrogen) atoms. The highest BCUT2D eigenvalue weighted by Crippen LogP contribution is 2.30. The number of nitrogens with one attached hydrogen (secondary N) is 1. The average molecular weight is 355 g/mol. The minimum Gasteiger partial charge on any atom is -0.495 e. The molecule has 0 spiro atoms. The van der Waals surface area contributed by atoms with Crippen molar-refractivity contribution < 1.29 is 17.9 Å². The lowest BCUT2D eigenvalue weighted by Crippen LogP contribution is -2.33. The molecule has 1 aromatic carbocycles. The fourth-order valence-corrected chi connectivity index (χ4v) is 4.24. The zero-order valence-corrected chi connectivity index (χ0v) is 14.9. The smallest absolute Gasteiger partial charge is 0.243 e. The van der Waals surface area contributed by atoms with Gasteiger partial charge in [0.05, 0.1) is 17.7 Å². The highest BCUT2D eigenvalue weighted by Gasteiger charge is 2.26. The van der Waals surface area contributed by atoms with Crippen LogP contribution in [0.4, 0.5) is 5.69 Å². The molecule has 0 unspecified atom stereocenters. The Morgan fingerprint density at radius 2 is 1.88 bits per heavy atom. The molecule has 1 saturated heterocycles. The van der Waals surface area contributed by atoms with E-state index in [9.17, 15) is 13.2 Å². The molecule has 8 heteroatoms. The molecule has 2 rings (SSSR count). The Kier molecular flexibility index (Phi) is 6.06. The number of carbonyl (C=O) groups excluding carboxylic acids is 1. The van der Waals surface area contributed by atoms with E-state index >= 15 is 0 Å². The Bertz CT molecular complexity index is 683. The standard InChI is InChI=1S/C16H25N3O4S/c1-12(16(17)20)18-14-11-13(7-8-15(14)23-2)24(21,22)19-9-5-3-4-6-10-19/h7-8,11-12,18H,3-6,9-10H2,1-2H3,(H2,17,20)/t12-/m1/s1. The number of hydrogen-bond acceptors (Lipinski definition) is 5. The van der Waals surface area contributed by atoms with E-state index in [1.54, 1.807) is 13.0 Å². The van der Waals surface area contributed by atoms with Gasteiger partial charge in [0.25, 0.3) is 0 Å². The van der Waals surface area contributed by atoms with Crippen molar-refractivity contribution in [2.45, 2.75) is 43.5 Å². The summed E-state index contributed by atoms with van der Waals surface area (Å²) in [6.45, 7) is 2.68. The van der Waals surface area contributed by atoms with Gasteiger partial charge in [-0.05, 0) is 38.0 Å². The van der Waals surface area contributed by atoms with Crippen LogP contribution in [-0.2, 0) is 14.8 Å². The minimum atomic E-state index is -3.57. The first-order chi connectivity index (χ1) is 11.4. The van der Waals surface area contributed by atoms with Crippen molar-refractivity contribution >= 4 is 21.6 Å². The fourth-order valence-electron chi connectivity index (χ4n) is 2.70.